The first-order valence-electron chi connectivity index (χ1n) is 14.2. The van der Waals surface area contributed by atoms with Crippen LogP contribution in [0.2, 0.25) is 0 Å². The average Bonchev–Trinajstić information content (AvgIpc) is 3.45. The van der Waals surface area contributed by atoms with Crippen molar-refractivity contribution in [2.45, 2.75) is 20.8 Å². The third-order valence-corrected chi connectivity index (χ3v) is 7.94. The molecule has 0 aliphatic heterocycles. The summed E-state index contributed by atoms with van der Waals surface area (Å²) in [7, 11) is 0. The Balaban J connectivity index is 1.16. The smallest absolute Gasteiger partial charge is 0.231 e. The molecular weight excluding hydrogens is 552 g/mol. The summed E-state index contributed by atoms with van der Waals surface area (Å²) in [6, 6.07) is 33.7. The quantitative estimate of drug-likeness (QED) is 0.159. The molecule has 0 N–H and O–H groups in total. The molecule has 0 spiro atoms. The van der Waals surface area contributed by atoms with Gasteiger partial charge in [0.2, 0.25) is 5.13 Å². The van der Waals surface area contributed by atoms with Crippen LogP contribution in [0.3, 0.4) is 0 Å². The van der Waals surface area contributed by atoms with Crippen LogP contribution in [0, 0.1) is 6.92 Å². The highest BCUT2D eigenvalue weighted by Gasteiger charge is 2.07. The Morgan fingerprint density at radius 2 is 1.14 bits per heavy atom. The van der Waals surface area contributed by atoms with E-state index in [1.807, 2.05) is 84.9 Å². The van der Waals surface area contributed by atoms with Crippen LogP contribution in [0.15, 0.2) is 134 Å². The van der Waals surface area contributed by atoms with E-state index < -0.39 is 0 Å². The number of hydrogen-bond donors (Lipinski definition) is 0. The molecule has 0 saturated heterocycles. The molecule has 9 heteroatoms. The van der Waals surface area contributed by atoms with E-state index >= 15 is 0 Å². The second kappa shape index (κ2) is 12.8. The van der Waals surface area contributed by atoms with Gasteiger partial charge in [-0.05, 0) is 99.1 Å². The summed E-state index contributed by atoms with van der Waals surface area (Å²) >= 11 is 1.53. The zero-order valence-corrected chi connectivity index (χ0v) is 25.0. The number of fused-ring (bicyclic) bond motifs is 2. The highest BCUT2D eigenvalue weighted by Crippen LogP contribution is 2.36. The third kappa shape index (κ3) is 6.52. The van der Waals surface area contributed by atoms with Gasteiger partial charge >= 0.3 is 0 Å². The number of aromatic nitrogens is 1. The lowest BCUT2D eigenvalue weighted by molar-refractivity contribution is 0.866. The molecule has 0 unspecified atom stereocenters. The number of azo groups is 3. The second-order valence-corrected chi connectivity index (χ2v) is 10.9. The SMILES string of the molecule is CCN(CC)c1ccc(N=Nc2ccc(N=Nc3ccc(N=Nc4nc5ccc(C)cc5s4)cc3)c3ccccc23)cc1. The number of anilines is 1. The summed E-state index contributed by atoms with van der Waals surface area (Å²) in [5.74, 6) is 0. The molecule has 0 atom stereocenters. The first kappa shape index (κ1) is 28.0. The van der Waals surface area contributed by atoms with Gasteiger partial charge in [-0.2, -0.15) is 10.2 Å². The maximum atomic E-state index is 4.56. The maximum absolute atomic E-state index is 4.56. The molecule has 1 heterocycles. The molecule has 0 saturated carbocycles. The lowest BCUT2D eigenvalue weighted by Gasteiger charge is -2.20. The summed E-state index contributed by atoms with van der Waals surface area (Å²) in [5.41, 5.74) is 7.10. The summed E-state index contributed by atoms with van der Waals surface area (Å²) in [6.07, 6.45) is 0. The van der Waals surface area contributed by atoms with Gasteiger partial charge in [-0.25, -0.2) is 4.98 Å². The fourth-order valence-corrected chi connectivity index (χ4v) is 5.62. The lowest BCUT2D eigenvalue weighted by atomic mass is 10.1. The van der Waals surface area contributed by atoms with Crippen LogP contribution in [0.25, 0.3) is 21.0 Å². The number of rotatable bonds is 9. The van der Waals surface area contributed by atoms with Crippen molar-refractivity contribution in [2.24, 2.45) is 30.7 Å². The fourth-order valence-electron chi connectivity index (χ4n) is 4.73. The van der Waals surface area contributed by atoms with Gasteiger partial charge in [-0.15, -0.1) is 20.5 Å². The van der Waals surface area contributed by atoms with Gasteiger partial charge in [0.05, 0.1) is 38.7 Å². The van der Waals surface area contributed by atoms with Crippen molar-refractivity contribution in [1.82, 2.24) is 4.98 Å². The Hall–Kier alpha value is -5.15. The number of aryl methyl sites for hydroxylation is 1. The normalized spacial score (nSPS) is 12.0. The van der Waals surface area contributed by atoms with Gasteiger partial charge < -0.3 is 4.90 Å². The lowest BCUT2D eigenvalue weighted by Crippen LogP contribution is -2.21. The average molecular weight is 583 g/mol. The van der Waals surface area contributed by atoms with E-state index in [0.29, 0.717) is 5.13 Å². The number of thiazole rings is 1. The van der Waals surface area contributed by atoms with Crippen LogP contribution in [0.4, 0.5) is 39.3 Å². The van der Waals surface area contributed by atoms with Crippen molar-refractivity contribution < 1.29 is 0 Å². The molecule has 212 valence electrons. The van der Waals surface area contributed by atoms with Crippen molar-refractivity contribution in [2.75, 3.05) is 18.0 Å². The van der Waals surface area contributed by atoms with Crippen LogP contribution in [0.5, 0.6) is 0 Å². The summed E-state index contributed by atoms with van der Waals surface area (Å²) in [6.45, 7) is 8.31. The predicted molar refractivity (Wildman–Crippen MR) is 177 cm³/mol. The van der Waals surface area contributed by atoms with Gasteiger partial charge in [0.15, 0.2) is 0 Å². The molecule has 0 amide bonds. The molecule has 6 aromatic rings. The van der Waals surface area contributed by atoms with Crippen LogP contribution in [-0.4, -0.2) is 18.1 Å². The third-order valence-electron chi connectivity index (χ3n) is 7.04. The highest BCUT2D eigenvalue weighted by molar-refractivity contribution is 7.21. The van der Waals surface area contributed by atoms with E-state index in [-0.39, 0.29) is 0 Å². The van der Waals surface area contributed by atoms with Gasteiger partial charge in [0, 0.05) is 29.5 Å². The Morgan fingerprint density at radius 1 is 0.605 bits per heavy atom. The molecule has 0 bridgehead atoms. The predicted octanol–water partition coefficient (Wildman–Crippen LogP) is 11.9. The van der Waals surface area contributed by atoms with E-state index in [2.05, 4.69) is 79.5 Å². The van der Waals surface area contributed by atoms with Gasteiger partial charge in [-0.3, -0.25) is 0 Å². The van der Waals surface area contributed by atoms with Gasteiger partial charge in [-0.1, -0.05) is 41.7 Å². The Kier molecular flexibility index (Phi) is 8.33. The van der Waals surface area contributed by atoms with Crippen molar-refractivity contribution in [3.63, 3.8) is 0 Å². The fraction of sp³-hybridized carbons (Fsp3) is 0.147. The summed E-state index contributed by atoms with van der Waals surface area (Å²) in [4.78, 5) is 6.83. The number of hydrogen-bond acceptors (Lipinski definition) is 9. The molecule has 5 aromatic carbocycles. The first-order chi connectivity index (χ1) is 21.1. The van der Waals surface area contributed by atoms with E-state index in [0.717, 1.165) is 62.5 Å². The van der Waals surface area contributed by atoms with Crippen molar-refractivity contribution in [3.8, 4) is 0 Å². The molecule has 6 rings (SSSR count). The molecule has 0 radical (unpaired) electrons. The zero-order valence-electron chi connectivity index (χ0n) is 24.2. The maximum Gasteiger partial charge on any atom is 0.231 e. The Labute approximate surface area is 254 Å². The van der Waals surface area contributed by atoms with Crippen LogP contribution in [0.1, 0.15) is 19.4 Å². The molecule has 0 aliphatic rings. The zero-order chi connectivity index (χ0) is 29.6. The number of benzene rings is 5. The summed E-state index contributed by atoms with van der Waals surface area (Å²) in [5, 5.41) is 29.3. The molecule has 0 aliphatic carbocycles. The van der Waals surface area contributed by atoms with Crippen LogP contribution in [-0.2, 0) is 0 Å². The van der Waals surface area contributed by atoms with E-state index in [1.54, 1.807) is 0 Å². The van der Waals surface area contributed by atoms with E-state index in [1.165, 1.54) is 22.6 Å². The van der Waals surface area contributed by atoms with Crippen molar-refractivity contribution in [1.29, 1.82) is 0 Å². The first-order valence-corrected chi connectivity index (χ1v) is 15.0. The molecule has 1 aromatic heterocycles. The van der Waals surface area contributed by atoms with Crippen LogP contribution >= 0.6 is 11.3 Å². The van der Waals surface area contributed by atoms with Gasteiger partial charge in [0.25, 0.3) is 0 Å². The van der Waals surface area contributed by atoms with Crippen molar-refractivity contribution in [3.05, 3.63) is 109 Å². The standard InChI is InChI=1S/C34H30N8S/c1-4-42(5-2)27-17-15-26(16-18-27)37-40-31-21-20-30(28-8-6-7-9-29(28)31)39-36-24-11-13-25(14-12-24)38-41-34-35-32-19-10-23(3)22-33(32)43-34/h6-22H,4-5H2,1-3H3. The largest absolute Gasteiger partial charge is 0.372 e. The van der Waals surface area contributed by atoms with Crippen molar-refractivity contribution >= 4 is 71.6 Å². The Bertz CT molecular complexity index is 1950. The minimum absolute atomic E-state index is 0.632. The molecule has 0 fully saturated rings. The Morgan fingerprint density at radius 3 is 1.70 bits per heavy atom. The van der Waals surface area contributed by atoms with E-state index in [4.69, 9.17) is 0 Å². The minimum atomic E-state index is 0.632. The van der Waals surface area contributed by atoms with Crippen LogP contribution < -0.4 is 4.90 Å². The summed E-state index contributed by atoms with van der Waals surface area (Å²) < 4.78 is 1.11. The molecular formula is C34H30N8S. The monoisotopic (exact) mass is 582 g/mol. The number of nitrogens with zero attached hydrogens (tertiary/aromatic N) is 8. The highest BCUT2D eigenvalue weighted by atomic mass is 32.1. The molecule has 8 nitrogen and oxygen atoms in total. The molecule has 43 heavy (non-hydrogen) atoms. The second-order valence-electron chi connectivity index (χ2n) is 9.92. The topological polar surface area (TPSA) is 90.3 Å². The van der Waals surface area contributed by atoms with Gasteiger partial charge in [0.1, 0.15) is 0 Å². The van der Waals surface area contributed by atoms with E-state index in [9.17, 15) is 0 Å². The minimum Gasteiger partial charge on any atom is -0.372 e.